The second kappa shape index (κ2) is 11.7. The Hall–Kier alpha value is -3.82. The smallest absolute Gasteiger partial charge is 0.323 e. The second-order valence-corrected chi connectivity index (χ2v) is 12.8. The molecule has 1 aliphatic rings. The van der Waals surface area contributed by atoms with Crippen molar-refractivity contribution in [2.24, 2.45) is 0 Å². The Morgan fingerprint density at radius 3 is 2.65 bits per heavy atom. The summed E-state index contributed by atoms with van der Waals surface area (Å²) in [7, 11) is -1.47. The van der Waals surface area contributed by atoms with E-state index in [4.69, 9.17) is 4.74 Å². The van der Waals surface area contributed by atoms with E-state index in [1.807, 2.05) is 0 Å². The van der Waals surface area contributed by atoms with Crippen molar-refractivity contribution in [2.75, 3.05) is 33.0 Å². The van der Waals surface area contributed by atoms with Gasteiger partial charge in [0, 0.05) is 56.7 Å². The molecule has 4 rings (SSSR count). The molecule has 0 radical (unpaired) electrons. The first-order valence-electron chi connectivity index (χ1n) is 12.9. The normalized spacial score (nSPS) is 15.0. The van der Waals surface area contributed by atoms with Crippen LogP contribution in [0.15, 0.2) is 42.6 Å². The molecule has 0 saturated carbocycles. The summed E-state index contributed by atoms with van der Waals surface area (Å²) in [5.74, 6) is -2.10. The quantitative estimate of drug-likeness (QED) is 0.279. The molecule has 1 unspecified atom stereocenters. The fraction of sp³-hybridized carbons (Fsp3) is 0.357. The van der Waals surface area contributed by atoms with E-state index in [-0.39, 0.29) is 54.8 Å². The first-order chi connectivity index (χ1) is 18.9. The molecule has 2 atom stereocenters. The van der Waals surface area contributed by atoms with Crippen LogP contribution in [0.2, 0.25) is 0 Å². The highest BCUT2D eigenvalue weighted by Crippen LogP contribution is 2.41. The summed E-state index contributed by atoms with van der Waals surface area (Å²) in [6, 6.07) is 8.27. The van der Waals surface area contributed by atoms with Crippen LogP contribution in [0.3, 0.4) is 0 Å². The van der Waals surface area contributed by atoms with Crippen LogP contribution in [0.25, 0.3) is 10.9 Å². The van der Waals surface area contributed by atoms with Crippen LogP contribution in [0.4, 0.5) is 4.39 Å². The maximum absolute atomic E-state index is 13.8. The van der Waals surface area contributed by atoms with E-state index in [2.05, 4.69) is 10.1 Å². The fourth-order valence-corrected chi connectivity index (χ4v) is 6.50. The van der Waals surface area contributed by atoms with Gasteiger partial charge in [-0.2, -0.15) is 0 Å². The zero-order chi connectivity index (χ0) is 29.2. The van der Waals surface area contributed by atoms with E-state index in [1.165, 1.54) is 34.8 Å². The number of hydrogen-bond donors (Lipinski definition) is 2. The van der Waals surface area contributed by atoms with E-state index in [0.717, 1.165) is 0 Å². The van der Waals surface area contributed by atoms with Gasteiger partial charge in [0.1, 0.15) is 24.7 Å². The number of benzene rings is 2. The molecule has 1 aromatic heterocycles. The van der Waals surface area contributed by atoms with Crippen LogP contribution in [0.1, 0.15) is 45.7 Å². The van der Waals surface area contributed by atoms with Crippen molar-refractivity contribution >= 4 is 36.0 Å². The standard InChI is InChI=1S/C28H32FN4O6P/c1-5-39-28(37)17(2)31-40(4,38)14-13-32(3)26(35)22-20-7-6-12-30-24(20)25(34)23-21(22)16-33(27(23)36)15-18-8-10-19(29)11-9-18/h6-12,17,34H,5,13-16H2,1-4H3,(H,31,38)/t17-,40?/m0/s1. The van der Waals surface area contributed by atoms with Gasteiger partial charge in [0.15, 0.2) is 5.75 Å². The molecule has 40 heavy (non-hydrogen) atoms. The lowest BCUT2D eigenvalue weighted by molar-refractivity contribution is -0.144. The molecular weight excluding hydrogens is 538 g/mol. The molecule has 0 aliphatic carbocycles. The monoisotopic (exact) mass is 570 g/mol. The number of halogens is 1. The van der Waals surface area contributed by atoms with Crippen LogP contribution in [0.5, 0.6) is 5.75 Å². The molecule has 2 aromatic carbocycles. The molecule has 0 saturated heterocycles. The van der Waals surface area contributed by atoms with Crippen LogP contribution in [-0.2, 0) is 27.2 Å². The van der Waals surface area contributed by atoms with Crippen molar-refractivity contribution in [3.63, 3.8) is 0 Å². The van der Waals surface area contributed by atoms with Crippen molar-refractivity contribution in [1.29, 1.82) is 0 Å². The molecule has 2 amide bonds. The number of amides is 2. The number of phenols is 1. The lowest BCUT2D eigenvalue weighted by atomic mass is 9.95. The summed E-state index contributed by atoms with van der Waals surface area (Å²) in [4.78, 5) is 46.3. The summed E-state index contributed by atoms with van der Waals surface area (Å²) >= 11 is 0. The third kappa shape index (κ3) is 6.00. The number of rotatable bonds is 10. The van der Waals surface area contributed by atoms with E-state index in [0.29, 0.717) is 16.5 Å². The number of carbonyl (C=O) groups excluding carboxylic acids is 3. The summed E-state index contributed by atoms with van der Waals surface area (Å²) in [6.07, 6.45) is 1.55. The number of nitrogens with zero attached hydrogens (tertiary/aromatic N) is 3. The van der Waals surface area contributed by atoms with Gasteiger partial charge in [-0.05, 0) is 37.6 Å². The Labute approximate surface area is 231 Å². The minimum Gasteiger partial charge on any atom is -0.505 e. The Balaban J connectivity index is 1.61. The van der Waals surface area contributed by atoms with Crippen LogP contribution >= 0.6 is 7.29 Å². The van der Waals surface area contributed by atoms with Gasteiger partial charge < -0.3 is 24.2 Å². The summed E-state index contributed by atoms with van der Waals surface area (Å²) < 4.78 is 31.5. The summed E-state index contributed by atoms with van der Waals surface area (Å²) in [6.45, 7) is 5.28. The minimum absolute atomic E-state index is 0.0103. The lowest BCUT2D eigenvalue weighted by Crippen LogP contribution is -2.36. The van der Waals surface area contributed by atoms with Crippen molar-refractivity contribution in [2.45, 2.75) is 33.0 Å². The van der Waals surface area contributed by atoms with E-state index < -0.39 is 36.9 Å². The van der Waals surface area contributed by atoms with Crippen LogP contribution in [0, 0.1) is 5.82 Å². The number of carbonyl (C=O) groups is 3. The summed E-state index contributed by atoms with van der Waals surface area (Å²) in [5.41, 5.74) is 1.43. The molecule has 1 aliphatic heterocycles. The van der Waals surface area contributed by atoms with Gasteiger partial charge in [-0.25, -0.2) is 4.39 Å². The third-order valence-corrected chi connectivity index (χ3v) is 8.79. The highest BCUT2D eigenvalue weighted by atomic mass is 31.2. The highest BCUT2D eigenvalue weighted by molar-refractivity contribution is 7.61. The van der Waals surface area contributed by atoms with Crippen LogP contribution < -0.4 is 5.09 Å². The summed E-state index contributed by atoms with van der Waals surface area (Å²) in [5, 5.41) is 14.2. The zero-order valence-electron chi connectivity index (χ0n) is 22.8. The second-order valence-electron chi connectivity index (χ2n) is 9.92. The maximum atomic E-state index is 13.8. The van der Waals surface area contributed by atoms with Gasteiger partial charge in [0.05, 0.1) is 17.7 Å². The van der Waals surface area contributed by atoms with Gasteiger partial charge in [-0.1, -0.05) is 18.2 Å². The minimum atomic E-state index is -3.03. The lowest BCUT2D eigenvalue weighted by Gasteiger charge is -2.24. The van der Waals surface area contributed by atoms with E-state index in [9.17, 15) is 28.4 Å². The molecule has 2 heterocycles. The van der Waals surface area contributed by atoms with Gasteiger partial charge in [-0.15, -0.1) is 0 Å². The number of pyridine rings is 1. The molecule has 0 fully saturated rings. The average Bonchev–Trinajstić information content (AvgIpc) is 3.24. The fourth-order valence-electron chi connectivity index (χ4n) is 4.76. The molecule has 0 bridgehead atoms. The SMILES string of the molecule is CCOC(=O)[C@H](C)NP(C)(=O)CCN(C)C(=O)c1c2c(c(O)c3ncccc13)C(=O)N(Cc1ccc(F)cc1)C2. The molecule has 3 aromatic rings. The topological polar surface area (TPSA) is 129 Å². The first-order valence-corrected chi connectivity index (χ1v) is 15.2. The first kappa shape index (κ1) is 29.2. The Bertz CT molecular complexity index is 1510. The Kier molecular flexibility index (Phi) is 8.56. The number of hydrogen-bond acceptors (Lipinski definition) is 7. The van der Waals surface area contributed by atoms with Gasteiger partial charge in [0.2, 0.25) is 0 Å². The van der Waals surface area contributed by atoms with Crippen molar-refractivity contribution in [3.05, 3.63) is 70.7 Å². The maximum Gasteiger partial charge on any atom is 0.323 e. The number of fused-ring (bicyclic) bond motifs is 2. The Morgan fingerprint density at radius 2 is 1.98 bits per heavy atom. The molecule has 10 nitrogen and oxygen atoms in total. The van der Waals surface area contributed by atoms with Crippen molar-refractivity contribution < 1.29 is 33.2 Å². The number of esters is 1. The molecular formula is C28H32FN4O6P. The van der Waals surface area contributed by atoms with E-state index in [1.54, 1.807) is 45.2 Å². The number of nitrogens with one attached hydrogen (secondary N) is 1. The van der Waals surface area contributed by atoms with Gasteiger partial charge in [0.25, 0.3) is 11.8 Å². The van der Waals surface area contributed by atoms with Crippen molar-refractivity contribution in [3.8, 4) is 5.75 Å². The predicted molar refractivity (Wildman–Crippen MR) is 148 cm³/mol. The average molecular weight is 571 g/mol. The van der Waals surface area contributed by atoms with Crippen LogP contribution in [-0.4, -0.2) is 76.7 Å². The number of phenolic OH excluding ortho intramolecular Hbond substituents is 1. The molecule has 212 valence electrons. The highest BCUT2D eigenvalue weighted by Gasteiger charge is 2.37. The molecule has 2 N–H and O–H groups in total. The van der Waals surface area contributed by atoms with Crippen molar-refractivity contribution in [1.82, 2.24) is 19.9 Å². The Morgan fingerprint density at radius 1 is 1.27 bits per heavy atom. The predicted octanol–water partition coefficient (Wildman–Crippen LogP) is 3.76. The zero-order valence-corrected chi connectivity index (χ0v) is 23.7. The molecule has 0 spiro atoms. The van der Waals surface area contributed by atoms with E-state index >= 15 is 0 Å². The molecule has 12 heteroatoms. The largest absolute Gasteiger partial charge is 0.505 e. The number of aromatic nitrogens is 1. The third-order valence-electron chi connectivity index (χ3n) is 6.81. The van der Waals surface area contributed by atoms with Gasteiger partial charge in [-0.3, -0.25) is 24.5 Å². The van der Waals surface area contributed by atoms with Gasteiger partial charge >= 0.3 is 5.97 Å². The number of aromatic hydroxyl groups is 1. The number of ether oxygens (including phenoxy) is 1.